The minimum atomic E-state index is -5.22. The third kappa shape index (κ3) is 7.02. The number of methoxy groups -OCH3 is 2. The predicted octanol–water partition coefficient (Wildman–Crippen LogP) is 3.95. The van der Waals surface area contributed by atoms with Crippen molar-refractivity contribution in [1.29, 1.82) is 0 Å². The lowest BCUT2D eigenvalue weighted by Crippen LogP contribution is -2.03. The maximum atomic E-state index is 12.3. The second-order valence-electron chi connectivity index (χ2n) is 8.80. The van der Waals surface area contributed by atoms with Crippen LogP contribution in [-0.2, 0) is 42.4 Å². The van der Waals surface area contributed by atoms with Crippen molar-refractivity contribution in [1.82, 2.24) is 0 Å². The summed E-state index contributed by atoms with van der Waals surface area (Å²) < 4.78 is 124. The number of hydrogen-bond donors (Lipinski definition) is 4. The standard InChI is InChI=1S/C24H21N5O13S4/c1-41-15-10-17(44(33)34)16(42-2)9-14(15)27-29-23-19(46(38,39)40)8-11-7-18(45(35,36)37)22(21(25)20(11)24(23)30)28-26-12-3-5-13(6-4-12)43(31)32/h3-10,30H,25H2,1-2H3,(H,31,32)(H,33,34)(H,35,36,37)(H,38,39,40)/p-2. The molecule has 0 saturated carbocycles. The molecule has 0 amide bonds. The summed E-state index contributed by atoms with van der Waals surface area (Å²) in [6.45, 7) is 0. The Morgan fingerprint density at radius 1 is 0.761 bits per heavy atom. The highest BCUT2D eigenvalue weighted by atomic mass is 32.2. The van der Waals surface area contributed by atoms with Crippen LogP contribution in [0.15, 0.2) is 88.6 Å². The Hall–Kier alpha value is -4.42. The first-order chi connectivity index (χ1) is 21.5. The van der Waals surface area contributed by atoms with Crippen molar-refractivity contribution in [2.24, 2.45) is 20.5 Å². The Labute approximate surface area is 264 Å². The quantitative estimate of drug-likeness (QED) is 0.0783. The molecule has 46 heavy (non-hydrogen) atoms. The molecular formula is C24H19N5O13S4-2. The molecular weight excluding hydrogens is 695 g/mol. The summed E-state index contributed by atoms with van der Waals surface area (Å²) >= 11 is -5.31. The Morgan fingerprint density at radius 3 is 1.80 bits per heavy atom. The van der Waals surface area contributed by atoms with E-state index in [1.807, 2.05) is 0 Å². The average Bonchev–Trinajstić information content (AvgIpc) is 2.98. The molecule has 0 aliphatic carbocycles. The summed E-state index contributed by atoms with van der Waals surface area (Å²) in [4.78, 5) is -2.45. The van der Waals surface area contributed by atoms with E-state index >= 15 is 0 Å². The van der Waals surface area contributed by atoms with Crippen LogP contribution in [-0.4, -0.2) is 62.8 Å². The topological polar surface area (TPSA) is 303 Å². The van der Waals surface area contributed by atoms with E-state index in [1.54, 1.807) is 0 Å². The lowest BCUT2D eigenvalue weighted by atomic mass is 10.1. The van der Waals surface area contributed by atoms with E-state index in [0.717, 1.165) is 26.4 Å². The second-order valence-corrected chi connectivity index (χ2v) is 13.4. The SMILES string of the molecule is COc1cc(S(=O)[O-])c(OC)cc1N=Nc1c(S(=O)(=O)O)cc2cc(S(=O)(=O)O)c(N=Nc3ccc(S(=O)[O-])cc3)c(N)c2c1O. The van der Waals surface area contributed by atoms with Crippen LogP contribution in [0.1, 0.15) is 0 Å². The molecule has 2 atom stereocenters. The average molecular weight is 714 g/mol. The number of nitrogens with zero attached hydrogens (tertiary/aromatic N) is 4. The Balaban J connectivity index is 2.00. The van der Waals surface area contributed by atoms with Gasteiger partial charge in [0.2, 0.25) is 0 Å². The number of phenolic OH excluding ortho intramolecular Hbond substituents is 1. The number of nitrogen functional groups attached to an aromatic ring is 1. The molecule has 0 saturated heterocycles. The molecule has 244 valence electrons. The number of aromatic hydroxyl groups is 1. The molecule has 0 fully saturated rings. The molecule has 22 heteroatoms. The van der Waals surface area contributed by atoms with Crippen molar-refractivity contribution in [2.75, 3.05) is 20.0 Å². The van der Waals surface area contributed by atoms with Crippen molar-refractivity contribution >= 4 is 81.6 Å². The molecule has 4 aromatic carbocycles. The first kappa shape index (κ1) is 34.5. The van der Waals surface area contributed by atoms with Crippen LogP contribution in [0.3, 0.4) is 0 Å². The number of azo groups is 2. The lowest BCUT2D eigenvalue weighted by molar-refractivity contribution is 0.392. The van der Waals surface area contributed by atoms with E-state index in [-0.39, 0.29) is 32.7 Å². The van der Waals surface area contributed by atoms with Gasteiger partial charge in [-0.1, -0.05) is 0 Å². The fourth-order valence-corrected chi connectivity index (χ4v) is 6.20. The highest BCUT2D eigenvalue weighted by Crippen LogP contribution is 2.49. The minimum Gasteiger partial charge on any atom is -0.768 e. The van der Waals surface area contributed by atoms with Gasteiger partial charge < -0.3 is 29.4 Å². The monoisotopic (exact) mass is 713 g/mol. The van der Waals surface area contributed by atoms with Crippen LogP contribution in [0.2, 0.25) is 0 Å². The lowest BCUT2D eigenvalue weighted by Gasteiger charge is -2.15. The van der Waals surface area contributed by atoms with Gasteiger partial charge in [-0.15, -0.1) is 15.3 Å². The third-order valence-corrected chi connectivity index (χ3v) is 9.14. The summed E-state index contributed by atoms with van der Waals surface area (Å²) in [5.74, 6) is -1.42. The third-order valence-electron chi connectivity index (χ3n) is 6.07. The number of hydrogen-bond acceptors (Lipinski definition) is 16. The van der Waals surface area contributed by atoms with Gasteiger partial charge >= 0.3 is 0 Å². The van der Waals surface area contributed by atoms with Gasteiger partial charge in [-0.05, 0) is 63.9 Å². The molecule has 0 aliphatic heterocycles. The number of anilines is 1. The number of ether oxygens (including phenoxy) is 2. The van der Waals surface area contributed by atoms with Crippen LogP contribution in [0.5, 0.6) is 17.2 Å². The van der Waals surface area contributed by atoms with Gasteiger partial charge in [0.1, 0.15) is 38.4 Å². The number of fused-ring (bicyclic) bond motifs is 1. The zero-order valence-electron chi connectivity index (χ0n) is 23.0. The van der Waals surface area contributed by atoms with Gasteiger partial charge in [-0.2, -0.15) is 21.9 Å². The van der Waals surface area contributed by atoms with E-state index in [0.29, 0.717) is 12.1 Å². The van der Waals surface area contributed by atoms with Crippen LogP contribution in [0.4, 0.5) is 28.4 Å². The zero-order chi connectivity index (χ0) is 34.1. The highest BCUT2D eigenvalue weighted by molar-refractivity contribution is 7.86. The first-order valence-corrected chi connectivity index (χ1v) is 17.0. The summed E-state index contributed by atoms with van der Waals surface area (Å²) in [7, 11) is -8.02. The van der Waals surface area contributed by atoms with Gasteiger partial charge in [0.05, 0.1) is 35.9 Å². The maximum Gasteiger partial charge on any atom is 0.296 e. The van der Waals surface area contributed by atoms with Crippen LogP contribution < -0.4 is 15.2 Å². The van der Waals surface area contributed by atoms with Crippen molar-refractivity contribution in [3.63, 3.8) is 0 Å². The number of phenols is 1. The molecule has 0 heterocycles. The molecule has 2 unspecified atom stereocenters. The number of nitrogens with two attached hydrogens (primary N) is 1. The summed E-state index contributed by atoms with van der Waals surface area (Å²) in [5, 5.41) is 25.4. The first-order valence-electron chi connectivity index (χ1n) is 11.9. The van der Waals surface area contributed by atoms with E-state index in [1.165, 1.54) is 24.3 Å². The van der Waals surface area contributed by atoms with Gasteiger partial charge in [0.15, 0.2) is 5.75 Å². The molecule has 18 nitrogen and oxygen atoms in total. The van der Waals surface area contributed by atoms with Gasteiger partial charge in [0, 0.05) is 17.0 Å². The largest absolute Gasteiger partial charge is 0.768 e. The molecule has 4 rings (SSSR count). The van der Waals surface area contributed by atoms with Crippen molar-refractivity contribution in [3.05, 3.63) is 48.5 Å². The van der Waals surface area contributed by atoms with Gasteiger partial charge in [0.25, 0.3) is 20.2 Å². The summed E-state index contributed by atoms with van der Waals surface area (Å²) in [6, 6.07) is 8.27. The predicted molar refractivity (Wildman–Crippen MR) is 158 cm³/mol. The smallest absolute Gasteiger partial charge is 0.296 e. The molecule has 0 spiro atoms. The van der Waals surface area contributed by atoms with E-state index in [2.05, 4.69) is 20.5 Å². The van der Waals surface area contributed by atoms with Crippen LogP contribution >= 0.6 is 0 Å². The van der Waals surface area contributed by atoms with Crippen LogP contribution in [0.25, 0.3) is 10.8 Å². The Bertz CT molecular complexity index is 2210. The molecule has 0 aromatic heterocycles. The maximum absolute atomic E-state index is 12.3. The fourth-order valence-electron chi connectivity index (χ4n) is 4.00. The molecule has 0 aliphatic rings. The minimum absolute atomic E-state index is 0.0200. The summed E-state index contributed by atoms with van der Waals surface area (Å²) in [5.41, 5.74) is 3.70. The molecule has 0 radical (unpaired) electrons. The zero-order valence-corrected chi connectivity index (χ0v) is 26.3. The Kier molecular flexibility index (Phi) is 9.83. The van der Waals surface area contributed by atoms with Crippen molar-refractivity contribution in [2.45, 2.75) is 19.6 Å². The normalized spacial score (nSPS) is 13.8. The molecule has 4 aromatic rings. The second kappa shape index (κ2) is 13.1. The van der Waals surface area contributed by atoms with E-state index in [4.69, 9.17) is 15.2 Å². The van der Waals surface area contributed by atoms with E-state index < -0.39 is 85.8 Å². The molecule has 0 bridgehead atoms. The van der Waals surface area contributed by atoms with Crippen molar-refractivity contribution < 1.29 is 58.0 Å². The van der Waals surface area contributed by atoms with E-state index in [9.17, 15) is 48.6 Å². The Morgan fingerprint density at radius 2 is 1.30 bits per heavy atom. The molecule has 5 N–H and O–H groups in total. The highest BCUT2D eigenvalue weighted by Gasteiger charge is 2.28. The van der Waals surface area contributed by atoms with Gasteiger partial charge in [-0.3, -0.25) is 17.5 Å². The van der Waals surface area contributed by atoms with Crippen molar-refractivity contribution in [3.8, 4) is 17.2 Å². The number of rotatable bonds is 10. The van der Waals surface area contributed by atoms with Gasteiger partial charge in [-0.25, -0.2) is 0 Å². The fraction of sp³-hybridized carbons (Fsp3) is 0.0833. The number of benzene rings is 4. The van der Waals surface area contributed by atoms with Crippen LogP contribution in [0, 0.1) is 0 Å². The summed E-state index contributed by atoms with van der Waals surface area (Å²) in [6.07, 6.45) is 0.